The van der Waals surface area contributed by atoms with Gasteiger partial charge in [0.05, 0.1) is 17.3 Å². The maximum absolute atomic E-state index is 13.6. The number of nitrogens with zero attached hydrogens (tertiary/aromatic N) is 3. The fourth-order valence-corrected chi connectivity index (χ4v) is 5.27. The smallest absolute Gasteiger partial charge is 0.251 e. The molecule has 0 bridgehead atoms. The van der Waals surface area contributed by atoms with Gasteiger partial charge in [-0.1, -0.05) is 30.6 Å². The van der Waals surface area contributed by atoms with E-state index >= 15 is 0 Å². The van der Waals surface area contributed by atoms with Crippen molar-refractivity contribution in [1.29, 1.82) is 0 Å². The van der Waals surface area contributed by atoms with Crippen molar-refractivity contribution in [1.82, 2.24) is 25.4 Å². The molecule has 218 valence electrons. The molecule has 2 aromatic carbocycles. The number of amides is 2. The lowest BCUT2D eigenvalue weighted by Crippen LogP contribution is -2.30. The van der Waals surface area contributed by atoms with E-state index in [0.29, 0.717) is 42.8 Å². The van der Waals surface area contributed by atoms with Gasteiger partial charge in [-0.05, 0) is 56.0 Å². The molecule has 11 heteroatoms. The molecule has 1 aliphatic rings. The van der Waals surface area contributed by atoms with E-state index in [1.54, 1.807) is 44.2 Å². The normalized spacial score (nSPS) is 13.7. The van der Waals surface area contributed by atoms with Gasteiger partial charge in [-0.2, -0.15) is 5.10 Å². The zero-order valence-electron chi connectivity index (χ0n) is 24.3. The summed E-state index contributed by atoms with van der Waals surface area (Å²) in [6.07, 6.45) is 4.33. The summed E-state index contributed by atoms with van der Waals surface area (Å²) in [7, 11) is 1.68. The highest BCUT2D eigenvalue weighted by Crippen LogP contribution is 2.31. The van der Waals surface area contributed by atoms with Crippen LogP contribution in [0.5, 0.6) is 0 Å². The molecular weight excluding hydrogens is 534 g/mol. The molecule has 0 spiro atoms. The Hall–Kier alpha value is -4.25. The van der Waals surface area contributed by atoms with Gasteiger partial charge in [0.1, 0.15) is 13.7 Å². The highest BCUT2D eigenvalue weighted by molar-refractivity contribution is 6.32. The summed E-state index contributed by atoms with van der Waals surface area (Å²) in [5.74, 6) is -0.888. The van der Waals surface area contributed by atoms with Gasteiger partial charge in [-0.25, -0.2) is 14.1 Å². The van der Waals surface area contributed by atoms with Crippen molar-refractivity contribution in [3.8, 4) is 0 Å². The molecule has 5 rings (SSSR count). The number of nitrogens with one attached hydrogen (secondary N) is 3. The maximum atomic E-state index is 13.6. The molecule has 0 atom stereocenters. The van der Waals surface area contributed by atoms with Crippen LogP contribution in [-0.2, 0) is 30.8 Å². The average molecular weight is 570 g/mol. The van der Waals surface area contributed by atoms with Crippen LogP contribution in [0.1, 0.15) is 64.2 Å². The molecule has 2 amide bonds. The Morgan fingerprint density at radius 2 is 1.76 bits per heavy atom. The lowest BCUT2D eigenvalue weighted by atomic mass is 9.93. The first-order valence-electron chi connectivity index (χ1n) is 14.5. The van der Waals surface area contributed by atoms with E-state index in [2.05, 4.69) is 28.0 Å². The van der Waals surface area contributed by atoms with Gasteiger partial charge < -0.3 is 20.7 Å². The van der Waals surface area contributed by atoms with E-state index in [0.717, 1.165) is 46.4 Å². The average Bonchev–Trinajstić information content (AvgIpc) is 3.44. The van der Waals surface area contributed by atoms with Crippen LogP contribution in [-0.4, -0.2) is 53.7 Å². The Morgan fingerprint density at radius 1 is 1.05 bits per heavy atom. The quantitative estimate of drug-likeness (QED) is 0.253. The number of carbonyl (C=O) groups is 2. The highest BCUT2D eigenvalue weighted by Gasteiger charge is 2.22. The predicted octanol–water partition coefficient (Wildman–Crippen LogP) is 2.86. The molecule has 42 heavy (non-hydrogen) atoms. The summed E-state index contributed by atoms with van der Waals surface area (Å²) in [5, 5.41) is 15.1. The molecule has 0 radical (unpaired) electrons. The number of aryl methyl sites for hydroxylation is 2. The predicted molar refractivity (Wildman–Crippen MR) is 163 cm³/mol. The molecule has 3 N–H and O–H groups in total. The second-order valence-corrected chi connectivity index (χ2v) is 10.5. The zero-order chi connectivity index (χ0) is 29.6. The number of benzene rings is 2. The first-order chi connectivity index (χ1) is 20.4. The van der Waals surface area contributed by atoms with Gasteiger partial charge in [-0.15, -0.1) is 0 Å². The molecule has 3 heterocycles. The number of rotatable bonds is 10. The second-order valence-electron chi connectivity index (χ2n) is 10.5. The molecule has 9 nitrogen and oxygen atoms in total. The number of hydrogen-bond donors (Lipinski definition) is 3. The minimum atomic E-state index is -0.314. The summed E-state index contributed by atoms with van der Waals surface area (Å²) in [5.41, 5.74) is 5.68. The van der Waals surface area contributed by atoms with Gasteiger partial charge in [-0.3, -0.25) is 9.59 Å². The van der Waals surface area contributed by atoms with E-state index in [4.69, 9.17) is 9.72 Å². The molecule has 2 aromatic heterocycles. The largest absolute Gasteiger partial charge is 0.381 e. The maximum Gasteiger partial charge on any atom is 0.251 e. The lowest BCUT2D eigenvalue weighted by Gasteiger charge is -2.26. The molecular formula is C31H36BFN6O3. The summed E-state index contributed by atoms with van der Waals surface area (Å²) in [6, 6.07) is 11.6. The van der Waals surface area contributed by atoms with Crippen LogP contribution >= 0.6 is 0 Å². The standard InChI is InChI=1S/C31H36BFN6O3/c1-3-27-23(28(37-22-10-12-42-13-11-22)24-18-36-39(4-2)29(24)38-27)17-35-31(41)21-7-5-6-20(15-21)30(40)34-16-19-8-9-26(33)25(32)14-19/h5-9,14-15,18,22H,3-4,10-13,16-17,32H2,1-2H3,(H,34,40)(H,35,41)(H,37,38). The number of anilines is 1. The van der Waals surface area contributed by atoms with Crippen molar-refractivity contribution in [3.63, 3.8) is 0 Å². The first-order valence-corrected chi connectivity index (χ1v) is 14.5. The van der Waals surface area contributed by atoms with Crippen LogP contribution < -0.4 is 21.4 Å². The van der Waals surface area contributed by atoms with E-state index in [1.165, 1.54) is 6.07 Å². The summed E-state index contributed by atoms with van der Waals surface area (Å²) in [6.45, 7) is 6.75. The Labute approximate surface area is 245 Å². The van der Waals surface area contributed by atoms with Gasteiger partial charge in [0.25, 0.3) is 11.8 Å². The van der Waals surface area contributed by atoms with Crippen LogP contribution in [0.15, 0.2) is 48.7 Å². The second kappa shape index (κ2) is 13.2. The van der Waals surface area contributed by atoms with Gasteiger partial charge in [0.2, 0.25) is 0 Å². The fourth-order valence-electron chi connectivity index (χ4n) is 5.27. The number of fused-ring (bicyclic) bond motifs is 1. The highest BCUT2D eigenvalue weighted by atomic mass is 19.1. The van der Waals surface area contributed by atoms with Crippen molar-refractivity contribution in [2.24, 2.45) is 0 Å². The molecule has 0 unspecified atom stereocenters. The van der Waals surface area contributed by atoms with Crippen LogP contribution in [0, 0.1) is 5.82 Å². The van der Waals surface area contributed by atoms with Crippen LogP contribution in [0.2, 0.25) is 0 Å². The van der Waals surface area contributed by atoms with Crippen molar-refractivity contribution >= 4 is 41.8 Å². The number of carbonyl (C=O) groups excluding carboxylic acids is 2. The number of ether oxygens (including phenoxy) is 1. The van der Waals surface area contributed by atoms with Crippen molar-refractivity contribution in [2.45, 2.75) is 58.8 Å². The van der Waals surface area contributed by atoms with E-state index in [1.807, 2.05) is 17.8 Å². The fraction of sp³-hybridized carbons (Fsp3) is 0.355. The summed E-state index contributed by atoms with van der Waals surface area (Å²) in [4.78, 5) is 31.1. The Morgan fingerprint density at radius 3 is 2.43 bits per heavy atom. The summed E-state index contributed by atoms with van der Waals surface area (Å²) >= 11 is 0. The Bertz CT molecular complexity index is 1600. The molecule has 1 aliphatic heterocycles. The zero-order valence-corrected chi connectivity index (χ0v) is 24.3. The van der Waals surface area contributed by atoms with E-state index in [9.17, 15) is 14.0 Å². The number of hydrogen-bond acceptors (Lipinski definition) is 6. The van der Waals surface area contributed by atoms with E-state index in [-0.39, 0.29) is 36.8 Å². The number of aromatic nitrogens is 3. The van der Waals surface area contributed by atoms with Crippen LogP contribution in [0.3, 0.4) is 0 Å². The first kappa shape index (κ1) is 29.3. The Balaban J connectivity index is 1.33. The molecule has 1 saturated heterocycles. The van der Waals surface area contributed by atoms with Gasteiger partial charge in [0, 0.05) is 61.3 Å². The number of pyridine rings is 1. The minimum Gasteiger partial charge on any atom is -0.381 e. The topological polar surface area (TPSA) is 110 Å². The lowest BCUT2D eigenvalue weighted by molar-refractivity contribution is 0.0904. The Kier molecular flexibility index (Phi) is 9.17. The number of halogens is 1. The molecule has 0 saturated carbocycles. The van der Waals surface area contributed by atoms with Crippen LogP contribution in [0.25, 0.3) is 11.0 Å². The third kappa shape index (κ3) is 6.46. The molecule has 4 aromatic rings. The minimum absolute atomic E-state index is 0.252. The van der Waals surface area contributed by atoms with Crippen molar-refractivity contribution in [2.75, 3.05) is 18.5 Å². The monoisotopic (exact) mass is 570 g/mol. The third-order valence-electron chi connectivity index (χ3n) is 7.66. The molecule has 1 fully saturated rings. The van der Waals surface area contributed by atoms with Gasteiger partial charge in [0.15, 0.2) is 5.65 Å². The van der Waals surface area contributed by atoms with Crippen LogP contribution in [0.4, 0.5) is 10.1 Å². The summed E-state index contributed by atoms with van der Waals surface area (Å²) < 4.78 is 21.0. The van der Waals surface area contributed by atoms with Crippen molar-refractivity contribution < 1.29 is 18.7 Å². The molecule has 0 aliphatic carbocycles. The van der Waals surface area contributed by atoms with E-state index < -0.39 is 0 Å². The van der Waals surface area contributed by atoms with Crippen molar-refractivity contribution in [3.05, 3.63) is 82.4 Å². The van der Waals surface area contributed by atoms with Gasteiger partial charge >= 0.3 is 0 Å². The third-order valence-corrected chi connectivity index (χ3v) is 7.66. The SMILES string of the molecule is Bc1cc(CNC(=O)c2cccc(C(=O)NCc3c(CC)nc4c(cnn4CC)c3NC3CCOCC3)c2)ccc1F.